The molecule has 2 aromatic carbocycles. The van der Waals surface area contributed by atoms with Crippen molar-refractivity contribution >= 4 is 22.4 Å². The Labute approximate surface area is 143 Å². The smallest absolute Gasteiger partial charge is 0.226 e. The molecule has 1 aromatic heterocycles. The van der Waals surface area contributed by atoms with Gasteiger partial charge in [0.05, 0.1) is 0 Å². The van der Waals surface area contributed by atoms with Crippen LogP contribution in [0.1, 0.15) is 22.6 Å². The molecule has 3 rings (SSSR count). The molecule has 0 bridgehead atoms. The molecule has 0 aliphatic rings. The van der Waals surface area contributed by atoms with E-state index in [1.807, 2.05) is 30.3 Å². The summed E-state index contributed by atoms with van der Waals surface area (Å²) in [6, 6.07) is 16.2. The molecule has 24 heavy (non-hydrogen) atoms. The van der Waals surface area contributed by atoms with Crippen LogP contribution in [0.2, 0.25) is 0 Å². The van der Waals surface area contributed by atoms with Crippen molar-refractivity contribution in [3.05, 3.63) is 76.5 Å². The van der Waals surface area contributed by atoms with E-state index >= 15 is 0 Å². The first-order valence-corrected chi connectivity index (χ1v) is 8.41. The third kappa shape index (κ3) is 4.70. The highest BCUT2D eigenvalue weighted by Gasteiger charge is 2.09. The largest absolute Gasteiger partial charge is 0.301 e. The summed E-state index contributed by atoms with van der Waals surface area (Å²) in [7, 11) is 0. The molecule has 1 amide bonds. The van der Waals surface area contributed by atoms with E-state index in [-0.39, 0.29) is 11.7 Å². The second-order valence-corrected chi connectivity index (χ2v) is 6.40. The Kier molecular flexibility index (Phi) is 5.28. The van der Waals surface area contributed by atoms with Crippen molar-refractivity contribution in [2.75, 3.05) is 5.32 Å². The summed E-state index contributed by atoms with van der Waals surface area (Å²) in [5.41, 5.74) is 2.08. The lowest BCUT2D eigenvalue weighted by Crippen LogP contribution is -2.12. The van der Waals surface area contributed by atoms with E-state index in [1.165, 1.54) is 23.5 Å². The molecule has 0 unspecified atom stereocenters. The SMILES string of the molecule is O=C(CCc1ccc(F)cc1)Nc1nnc(Cc2ccccc2)s1. The van der Waals surface area contributed by atoms with Gasteiger partial charge in [-0.1, -0.05) is 53.8 Å². The van der Waals surface area contributed by atoms with Gasteiger partial charge in [-0.2, -0.15) is 0 Å². The summed E-state index contributed by atoms with van der Waals surface area (Å²) in [6.07, 6.45) is 1.57. The van der Waals surface area contributed by atoms with Gasteiger partial charge in [0.2, 0.25) is 11.0 Å². The Bertz CT molecular complexity index is 803. The molecule has 1 heterocycles. The van der Waals surface area contributed by atoms with Gasteiger partial charge in [-0.3, -0.25) is 4.79 Å². The number of halogens is 1. The van der Waals surface area contributed by atoms with Crippen LogP contribution in [0.3, 0.4) is 0 Å². The Morgan fingerprint density at radius 3 is 2.50 bits per heavy atom. The fraction of sp³-hybridized carbons (Fsp3) is 0.167. The normalized spacial score (nSPS) is 10.5. The highest BCUT2D eigenvalue weighted by atomic mass is 32.1. The van der Waals surface area contributed by atoms with Crippen molar-refractivity contribution in [2.24, 2.45) is 0 Å². The quantitative estimate of drug-likeness (QED) is 0.741. The number of nitrogens with one attached hydrogen (secondary N) is 1. The molecule has 0 spiro atoms. The number of benzene rings is 2. The summed E-state index contributed by atoms with van der Waals surface area (Å²) in [4.78, 5) is 12.0. The molecule has 6 heteroatoms. The molecule has 0 atom stereocenters. The minimum atomic E-state index is -0.275. The van der Waals surface area contributed by atoms with Gasteiger partial charge in [0, 0.05) is 12.8 Å². The van der Waals surface area contributed by atoms with Crippen molar-refractivity contribution in [3.8, 4) is 0 Å². The average molecular weight is 341 g/mol. The number of nitrogens with zero attached hydrogens (tertiary/aromatic N) is 2. The van der Waals surface area contributed by atoms with Gasteiger partial charge in [0.15, 0.2) is 0 Å². The molecular formula is C18H16FN3OS. The molecule has 4 nitrogen and oxygen atoms in total. The maximum Gasteiger partial charge on any atom is 0.226 e. The molecule has 0 saturated carbocycles. The number of carbonyl (C=O) groups excluding carboxylic acids is 1. The van der Waals surface area contributed by atoms with E-state index in [1.54, 1.807) is 12.1 Å². The lowest BCUT2D eigenvalue weighted by atomic mass is 10.1. The summed E-state index contributed by atoms with van der Waals surface area (Å²) in [5.74, 6) is -0.398. The molecule has 3 aromatic rings. The zero-order valence-corrected chi connectivity index (χ0v) is 13.7. The van der Waals surface area contributed by atoms with E-state index in [0.29, 0.717) is 24.4 Å². The lowest BCUT2D eigenvalue weighted by molar-refractivity contribution is -0.116. The number of hydrogen-bond acceptors (Lipinski definition) is 4. The van der Waals surface area contributed by atoms with Gasteiger partial charge in [0.1, 0.15) is 10.8 Å². The fourth-order valence-electron chi connectivity index (χ4n) is 2.24. The summed E-state index contributed by atoms with van der Waals surface area (Å²) < 4.78 is 12.8. The molecule has 0 aliphatic carbocycles. The maximum atomic E-state index is 12.8. The number of amides is 1. The van der Waals surface area contributed by atoms with Crippen LogP contribution in [-0.4, -0.2) is 16.1 Å². The topological polar surface area (TPSA) is 54.9 Å². The summed E-state index contributed by atoms with van der Waals surface area (Å²) in [5, 5.41) is 12.2. The monoisotopic (exact) mass is 341 g/mol. The highest BCUT2D eigenvalue weighted by molar-refractivity contribution is 7.15. The standard InChI is InChI=1S/C18H16FN3OS/c19-15-9-6-13(7-10-15)8-11-16(23)20-18-22-21-17(24-18)12-14-4-2-1-3-5-14/h1-7,9-10H,8,11-12H2,(H,20,22,23). The number of hydrogen-bond donors (Lipinski definition) is 1. The number of aromatic nitrogens is 2. The minimum absolute atomic E-state index is 0.123. The fourth-order valence-corrected chi connectivity index (χ4v) is 3.03. The van der Waals surface area contributed by atoms with Crippen LogP contribution < -0.4 is 5.32 Å². The second-order valence-electron chi connectivity index (χ2n) is 5.34. The third-order valence-electron chi connectivity index (χ3n) is 3.47. The van der Waals surface area contributed by atoms with E-state index in [0.717, 1.165) is 16.1 Å². The predicted octanol–water partition coefficient (Wildman–Crippen LogP) is 3.84. The molecule has 0 fully saturated rings. The van der Waals surface area contributed by atoms with Gasteiger partial charge in [-0.15, -0.1) is 10.2 Å². The molecule has 1 N–H and O–H groups in total. The summed E-state index contributed by atoms with van der Waals surface area (Å²) >= 11 is 1.38. The van der Waals surface area contributed by atoms with Gasteiger partial charge >= 0.3 is 0 Å². The van der Waals surface area contributed by atoms with Gasteiger partial charge < -0.3 is 5.32 Å². The molecule has 0 aliphatic heterocycles. The molecule has 0 radical (unpaired) electrons. The van der Waals surface area contributed by atoms with Crippen molar-refractivity contribution in [1.82, 2.24) is 10.2 Å². The van der Waals surface area contributed by atoms with Crippen LogP contribution in [0.5, 0.6) is 0 Å². The van der Waals surface area contributed by atoms with Gasteiger partial charge in [-0.05, 0) is 29.7 Å². The predicted molar refractivity (Wildman–Crippen MR) is 92.5 cm³/mol. The van der Waals surface area contributed by atoms with Crippen LogP contribution in [-0.2, 0) is 17.6 Å². The van der Waals surface area contributed by atoms with E-state index in [9.17, 15) is 9.18 Å². The van der Waals surface area contributed by atoms with Crippen molar-refractivity contribution in [1.29, 1.82) is 0 Å². The zero-order valence-electron chi connectivity index (χ0n) is 12.9. The van der Waals surface area contributed by atoms with E-state index < -0.39 is 0 Å². The van der Waals surface area contributed by atoms with Crippen LogP contribution >= 0.6 is 11.3 Å². The van der Waals surface area contributed by atoms with Crippen LogP contribution in [0.4, 0.5) is 9.52 Å². The van der Waals surface area contributed by atoms with Crippen LogP contribution in [0.25, 0.3) is 0 Å². The number of rotatable bonds is 6. The Morgan fingerprint density at radius 1 is 1.00 bits per heavy atom. The minimum Gasteiger partial charge on any atom is -0.301 e. The lowest BCUT2D eigenvalue weighted by Gasteiger charge is -2.02. The zero-order chi connectivity index (χ0) is 16.8. The third-order valence-corrected chi connectivity index (χ3v) is 4.30. The first kappa shape index (κ1) is 16.3. The van der Waals surface area contributed by atoms with E-state index in [2.05, 4.69) is 15.5 Å². The van der Waals surface area contributed by atoms with Gasteiger partial charge in [0.25, 0.3) is 0 Å². The second kappa shape index (κ2) is 7.79. The molecular weight excluding hydrogens is 325 g/mol. The summed E-state index contributed by atoms with van der Waals surface area (Å²) in [6.45, 7) is 0. The maximum absolute atomic E-state index is 12.8. The first-order chi connectivity index (χ1) is 11.7. The highest BCUT2D eigenvalue weighted by Crippen LogP contribution is 2.18. The first-order valence-electron chi connectivity index (χ1n) is 7.59. The Hall–Kier alpha value is -2.60. The number of aryl methyl sites for hydroxylation is 1. The van der Waals surface area contributed by atoms with Crippen LogP contribution in [0, 0.1) is 5.82 Å². The average Bonchev–Trinajstić information content (AvgIpc) is 3.02. The van der Waals surface area contributed by atoms with Crippen LogP contribution in [0.15, 0.2) is 54.6 Å². The van der Waals surface area contributed by atoms with Crippen molar-refractivity contribution in [2.45, 2.75) is 19.3 Å². The number of carbonyl (C=O) groups is 1. The van der Waals surface area contributed by atoms with Crippen molar-refractivity contribution < 1.29 is 9.18 Å². The van der Waals surface area contributed by atoms with E-state index in [4.69, 9.17) is 0 Å². The molecule has 0 saturated heterocycles. The van der Waals surface area contributed by atoms with Gasteiger partial charge in [-0.25, -0.2) is 4.39 Å². The molecule has 122 valence electrons. The number of anilines is 1. The van der Waals surface area contributed by atoms with Crippen molar-refractivity contribution in [3.63, 3.8) is 0 Å². The Balaban J connectivity index is 1.50. The Morgan fingerprint density at radius 2 is 1.75 bits per heavy atom.